The highest BCUT2D eigenvalue weighted by molar-refractivity contribution is 6.13. The topological polar surface area (TPSA) is 45.0 Å². The van der Waals surface area contributed by atoms with Crippen molar-refractivity contribution < 1.29 is 18.6 Å². The van der Waals surface area contributed by atoms with Gasteiger partial charge in [-0.25, -0.2) is 4.39 Å². The maximum atomic E-state index is 13.6. The summed E-state index contributed by atoms with van der Waals surface area (Å²) in [6.45, 7) is 1.44. The number of aliphatic imine (C=N–C) groups is 1. The van der Waals surface area contributed by atoms with Crippen LogP contribution in [0, 0.1) is 5.82 Å². The molecule has 4 rings (SSSR count). The summed E-state index contributed by atoms with van der Waals surface area (Å²) in [5.41, 5.74) is 4.48. The molecule has 0 radical (unpaired) electrons. The Balaban J connectivity index is 1.81. The summed E-state index contributed by atoms with van der Waals surface area (Å²) in [6.07, 6.45) is 2.04. The lowest BCUT2D eigenvalue weighted by Crippen LogP contribution is -2.18. The number of rotatable bonds is 5. The SMILES string of the molecule is COc1cc(C2=NCCn3cc(-c4cccc(F)c4)cc32)cc(OC)c1OC. The molecule has 28 heavy (non-hydrogen) atoms. The van der Waals surface area contributed by atoms with Gasteiger partial charge >= 0.3 is 0 Å². The molecule has 6 heteroatoms. The number of hydrogen-bond donors (Lipinski definition) is 0. The molecule has 0 unspecified atom stereocenters. The van der Waals surface area contributed by atoms with Crippen LogP contribution in [0.3, 0.4) is 0 Å². The van der Waals surface area contributed by atoms with Crippen molar-refractivity contribution >= 4 is 5.71 Å². The number of halogens is 1. The van der Waals surface area contributed by atoms with Crippen molar-refractivity contribution in [1.29, 1.82) is 0 Å². The second kappa shape index (κ2) is 7.38. The van der Waals surface area contributed by atoms with E-state index >= 15 is 0 Å². The summed E-state index contributed by atoms with van der Waals surface area (Å²) in [5.74, 6) is 1.45. The van der Waals surface area contributed by atoms with Gasteiger partial charge in [-0.1, -0.05) is 12.1 Å². The van der Waals surface area contributed by atoms with E-state index in [0.717, 1.165) is 34.6 Å². The molecule has 1 aliphatic heterocycles. The fourth-order valence-corrected chi connectivity index (χ4v) is 3.53. The molecular formula is C22H21FN2O3. The molecule has 144 valence electrons. The largest absolute Gasteiger partial charge is 0.493 e. The van der Waals surface area contributed by atoms with Crippen molar-refractivity contribution in [3.05, 3.63) is 65.7 Å². The van der Waals surface area contributed by atoms with Crippen LogP contribution in [-0.2, 0) is 6.54 Å². The number of fused-ring (bicyclic) bond motifs is 1. The van der Waals surface area contributed by atoms with Crippen molar-refractivity contribution in [2.75, 3.05) is 27.9 Å². The zero-order valence-electron chi connectivity index (χ0n) is 16.0. The Morgan fingerprint density at radius 3 is 2.29 bits per heavy atom. The van der Waals surface area contributed by atoms with E-state index in [2.05, 4.69) is 4.57 Å². The van der Waals surface area contributed by atoms with Gasteiger partial charge in [0.2, 0.25) is 5.75 Å². The van der Waals surface area contributed by atoms with Crippen molar-refractivity contribution in [2.45, 2.75) is 6.54 Å². The monoisotopic (exact) mass is 380 g/mol. The molecule has 0 fully saturated rings. The van der Waals surface area contributed by atoms with E-state index in [9.17, 15) is 4.39 Å². The number of nitrogens with zero attached hydrogens (tertiary/aromatic N) is 2. The standard InChI is InChI=1S/C22H21FN2O3/c1-26-19-11-15(12-20(27-2)22(19)28-3)21-18-10-16(13-25(18)8-7-24-21)14-5-4-6-17(23)9-14/h4-6,9-13H,7-8H2,1-3H3. The summed E-state index contributed by atoms with van der Waals surface area (Å²) in [7, 11) is 4.76. The first-order chi connectivity index (χ1) is 13.6. The summed E-state index contributed by atoms with van der Waals surface area (Å²) in [6, 6.07) is 12.4. The Labute approximate surface area is 163 Å². The molecule has 0 aliphatic carbocycles. The van der Waals surface area contributed by atoms with Gasteiger partial charge in [0, 0.05) is 23.9 Å². The Kier molecular flexibility index (Phi) is 4.77. The van der Waals surface area contributed by atoms with E-state index < -0.39 is 0 Å². The van der Waals surface area contributed by atoms with Gasteiger partial charge in [0.05, 0.1) is 39.3 Å². The van der Waals surface area contributed by atoms with Crippen LogP contribution in [0.4, 0.5) is 4.39 Å². The van der Waals surface area contributed by atoms with Gasteiger partial charge < -0.3 is 18.8 Å². The molecule has 0 bridgehead atoms. The van der Waals surface area contributed by atoms with Gasteiger partial charge in [-0.05, 0) is 35.9 Å². The molecule has 2 heterocycles. The lowest BCUT2D eigenvalue weighted by atomic mass is 10.0. The maximum absolute atomic E-state index is 13.6. The van der Waals surface area contributed by atoms with Crippen LogP contribution in [0.25, 0.3) is 11.1 Å². The molecule has 0 saturated heterocycles. The third kappa shape index (κ3) is 3.11. The molecule has 0 N–H and O–H groups in total. The summed E-state index contributed by atoms with van der Waals surface area (Å²) in [4.78, 5) is 4.74. The van der Waals surface area contributed by atoms with Gasteiger partial charge in [0.15, 0.2) is 11.5 Å². The van der Waals surface area contributed by atoms with Crippen LogP contribution in [0.5, 0.6) is 17.2 Å². The normalized spacial score (nSPS) is 12.9. The number of benzene rings is 2. The average Bonchev–Trinajstić information content (AvgIpc) is 3.17. The first-order valence-corrected chi connectivity index (χ1v) is 8.96. The maximum Gasteiger partial charge on any atom is 0.203 e. The van der Waals surface area contributed by atoms with Gasteiger partial charge in [0.25, 0.3) is 0 Å². The Morgan fingerprint density at radius 1 is 0.893 bits per heavy atom. The third-order valence-electron chi connectivity index (χ3n) is 4.85. The van der Waals surface area contributed by atoms with E-state index in [1.165, 1.54) is 12.1 Å². The van der Waals surface area contributed by atoms with Gasteiger partial charge in [0.1, 0.15) is 5.82 Å². The summed E-state index contributed by atoms with van der Waals surface area (Å²) >= 11 is 0. The first kappa shape index (κ1) is 18.1. The minimum atomic E-state index is -0.250. The van der Waals surface area contributed by atoms with E-state index in [1.807, 2.05) is 30.5 Å². The van der Waals surface area contributed by atoms with Gasteiger partial charge in [-0.15, -0.1) is 0 Å². The molecule has 0 amide bonds. The second-order valence-electron chi connectivity index (χ2n) is 6.46. The Hall–Kier alpha value is -3.28. The van der Waals surface area contributed by atoms with Crippen LogP contribution >= 0.6 is 0 Å². The lowest BCUT2D eigenvalue weighted by Gasteiger charge is -2.19. The molecule has 3 aromatic rings. The summed E-state index contributed by atoms with van der Waals surface area (Å²) in [5, 5.41) is 0. The highest BCUT2D eigenvalue weighted by Crippen LogP contribution is 2.39. The Bertz CT molecular complexity index is 1030. The number of aromatic nitrogens is 1. The third-order valence-corrected chi connectivity index (χ3v) is 4.85. The predicted octanol–water partition coefficient (Wildman–Crippen LogP) is 4.17. The molecule has 0 saturated carbocycles. The molecule has 5 nitrogen and oxygen atoms in total. The highest BCUT2D eigenvalue weighted by Gasteiger charge is 2.22. The van der Waals surface area contributed by atoms with E-state index in [1.54, 1.807) is 27.4 Å². The molecule has 0 spiro atoms. The van der Waals surface area contributed by atoms with E-state index in [0.29, 0.717) is 23.8 Å². The van der Waals surface area contributed by atoms with Crippen molar-refractivity contribution in [2.24, 2.45) is 4.99 Å². The van der Waals surface area contributed by atoms with Gasteiger partial charge in [-0.2, -0.15) is 0 Å². The van der Waals surface area contributed by atoms with Crippen LogP contribution in [0.15, 0.2) is 53.7 Å². The van der Waals surface area contributed by atoms with Gasteiger partial charge in [-0.3, -0.25) is 4.99 Å². The van der Waals surface area contributed by atoms with Crippen molar-refractivity contribution in [3.63, 3.8) is 0 Å². The number of hydrogen-bond acceptors (Lipinski definition) is 4. The highest BCUT2D eigenvalue weighted by atomic mass is 19.1. The van der Waals surface area contributed by atoms with Crippen molar-refractivity contribution in [1.82, 2.24) is 4.57 Å². The minimum Gasteiger partial charge on any atom is -0.493 e. The van der Waals surface area contributed by atoms with Crippen LogP contribution in [0.1, 0.15) is 11.3 Å². The van der Waals surface area contributed by atoms with E-state index in [-0.39, 0.29) is 5.82 Å². The molecule has 1 aliphatic rings. The fraction of sp³-hybridized carbons (Fsp3) is 0.227. The smallest absolute Gasteiger partial charge is 0.203 e. The quantitative estimate of drug-likeness (QED) is 0.667. The molecule has 1 aromatic heterocycles. The zero-order valence-corrected chi connectivity index (χ0v) is 16.0. The van der Waals surface area contributed by atoms with E-state index in [4.69, 9.17) is 19.2 Å². The minimum absolute atomic E-state index is 0.250. The number of ether oxygens (including phenoxy) is 3. The zero-order chi connectivity index (χ0) is 19.7. The predicted molar refractivity (Wildman–Crippen MR) is 106 cm³/mol. The fourth-order valence-electron chi connectivity index (χ4n) is 3.53. The first-order valence-electron chi connectivity index (χ1n) is 8.96. The van der Waals surface area contributed by atoms with Crippen LogP contribution in [-0.4, -0.2) is 38.2 Å². The molecule has 2 aromatic carbocycles. The van der Waals surface area contributed by atoms with Crippen molar-refractivity contribution in [3.8, 4) is 28.4 Å². The average molecular weight is 380 g/mol. The van der Waals surface area contributed by atoms with Crippen LogP contribution < -0.4 is 14.2 Å². The van der Waals surface area contributed by atoms with Crippen LogP contribution in [0.2, 0.25) is 0 Å². The molecule has 0 atom stereocenters. The molecular weight excluding hydrogens is 359 g/mol. The second-order valence-corrected chi connectivity index (χ2v) is 6.46. The lowest BCUT2D eigenvalue weighted by molar-refractivity contribution is 0.324. The number of methoxy groups -OCH3 is 3. The summed E-state index contributed by atoms with van der Waals surface area (Å²) < 4.78 is 32.2. The Morgan fingerprint density at radius 2 is 1.64 bits per heavy atom.